The predicted octanol–water partition coefficient (Wildman–Crippen LogP) is 3.93. The molecule has 1 aliphatic carbocycles. The van der Waals surface area contributed by atoms with Gasteiger partial charge in [0.05, 0.1) is 29.4 Å². The maximum absolute atomic E-state index is 13.8. The van der Waals surface area contributed by atoms with Gasteiger partial charge >= 0.3 is 0 Å². The number of allylic oxidation sites excluding steroid dienone is 3. The Morgan fingerprint density at radius 2 is 1.56 bits per heavy atom. The number of thiazole rings is 1. The maximum atomic E-state index is 13.8. The SMILES string of the molecule is CC(C)(C)C1=NC([NH+]2CCCCC2)S/C1=C1\C(=O)C(c2sc(N3CCCCC3)nc2C(C)(C)C)=C1[O-]. The summed E-state index contributed by atoms with van der Waals surface area (Å²) in [5.41, 5.74) is 2.05. The predicted molar refractivity (Wildman–Crippen MR) is 149 cm³/mol. The number of anilines is 1. The summed E-state index contributed by atoms with van der Waals surface area (Å²) in [6.07, 6.45) is 7.29. The third kappa shape index (κ3) is 4.69. The van der Waals surface area contributed by atoms with E-state index in [1.54, 1.807) is 11.8 Å². The van der Waals surface area contributed by atoms with Crippen molar-refractivity contribution in [2.75, 3.05) is 31.1 Å². The van der Waals surface area contributed by atoms with Crippen molar-refractivity contribution in [1.29, 1.82) is 0 Å². The molecule has 1 N–H and O–H groups in total. The average molecular weight is 529 g/mol. The molecule has 3 aliphatic heterocycles. The number of thioether (sulfide) groups is 1. The number of carbonyl (C=O) groups is 1. The van der Waals surface area contributed by atoms with Gasteiger partial charge in [-0.15, -0.1) is 0 Å². The first-order valence-electron chi connectivity index (χ1n) is 13.5. The second kappa shape index (κ2) is 9.59. The Kier molecular flexibility index (Phi) is 6.92. The molecule has 8 heteroatoms. The number of Topliss-reactive ketones (excluding diaryl/α,β-unsaturated/α-hetero) is 1. The number of nitrogens with zero attached hydrogens (tertiary/aromatic N) is 3. The zero-order valence-electron chi connectivity index (χ0n) is 22.6. The molecule has 1 unspecified atom stereocenters. The smallest absolute Gasteiger partial charge is 0.234 e. The van der Waals surface area contributed by atoms with E-state index >= 15 is 0 Å². The Labute approximate surface area is 224 Å². The standard InChI is InChI=1S/C28H40N4O2S2/c1-27(2,3)23-21(35-25(29-23)31-13-9-7-10-14-31)17-19(33)18(20(17)34)22-24(28(4,5)6)30-26(36-22)32-15-11-8-12-16-32/h25,33H,7-16H2,1-6H3/b21-17-. The van der Waals surface area contributed by atoms with Crippen LogP contribution in [0.2, 0.25) is 0 Å². The average Bonchev–Trinajstić information content (AvgIpc) is 3.46. The molecule has 6 nitrogen and oxygen atoms in total. The molecule has 0 bridgehead atoms. The minimum absolute atomic E-state index is 0.0471. The number of aromatic nitrogens is 1. The third-order valence-electron chi connectivity index (χ3n) is 7.56. The molecule has 4 heterocycles. The molecule has 1 aromatic heterocycles. The lowest BCUT2D eigenvalue weighted by atomic mass is 9.79. The molecule has 2 saturated heterocycles. The molecule has 0 spiro atoms. The van der Waals surface area contributed by atoms with E-state index in [2.05, 4.69) is 46.4 Å². The number of piperidine rings is 2. The van der Waals surface area contributed by atoms with Crippen LogP contribution in [-0.2, 0) is 10.2 Å². The highest BCUT2D eigenvalue weighted by molar-refractivity contribution is 8.04. The number of hydrogen-bond donors (Lipinski definition) is 1. The van der Waals surface area contributed by atoms with Crippen molar-refractivity contribution in [3.63, 3.8) is 0 Å². The first-order valence-corrected chi connectivity index (χ1v) is 15.2. The lowest BCUT2D eigenvalue weighted by Crippen LogP contribution is -3.15. The van der Waals surface area contributed by atoms with Crippen LogP contribution >= 0.6 is 23.1 Å². The molecule has 1 aromatic rings. The van der Waals surface area contributed by atoms with Crippen LogP contribution in [0.4, 0.5) is 5.13 Å². The topological polar surface area (TPSA) is 73.1 Å². The van der Waals surface area contributed by atoms with Crippen molar-refractivity contribution < 1.29 is 14.8 Å². The highest BCUT2D eigenvalue weighted by atomic mass is 32.2. The van der Waals surface area contributed by atoms with Crippen molar-refractivity contribution in [2.45, 2.75) is 91.0 Å². The Hall–Kier alpha value is -1.64. The van der Waals surface area contributed by atoms with E-state index in [0.29, 0.717) is 11.1 Å². The largest absolute Gasteiger partial charge is 0.871 e. The summed E-state index contributed by atoms with van der Waals surface area (Å²) in [5.74, 6) is -0.235. The van der Waals surface area contributed by atoms with Gasteiger partial charge in [0, 0.05) is 40.0 Å². The van der Waals surface area contributed by atoms with Crippen molar-refractivity contribution in [2.24, 2.45) is 10.4 Å². The molecule has 2 fully saturated rings. The molecule has 36 heavy (non-hydrogen) atoms. The molecular formula is C28H40N4O2S2. The van der Waals surface area contributed by atoms with E-state index in [0.717, 1.165) is 65.3 Å². The molecule has 0 amide bonds. The van der Waals surface area contributed by atoms with Crippen LogP contribution in [-0.4, -0.2) is 48.2 Å². The van der Waals surface area contributed by atoms with Crippen molar-refractivity contribution >= 4 is 45.3 Å². The molecule has 4 aliphatic rings. The molecule has 5 rings (SSSR count). The Morgan fingerprint density at radius 1 is 0.917 bits per heavy atom. The number of likely N-dealkylation sites (tertiary alicyclic amines) is 1. The first kappa shape index (κ1) is 26.0. The van der Waals surface area contributed by atoms with Gasteiger partial charge in [0.2, 0.25) is 5.50 Å². The molecule has 0 aromatic carbocycles. The van der Waals surface area contributed by atoms with Crippen molar-refractivity contribution in [3.8, 4) is 0 Å². The van der Waals surface area contributed by atoms with Gasteiger partial charge in [0.1, 0.15) is 0 Å². The third-order valence-corrected chi connectivity index (χ3v) is 9.99. The maximum Gasteiger partial charge on any atom is 0.234 e. The van der Waals surface area contributed by atoms with Gasteiger partial charge in [-0.05, 0) is 50.3 Å². The van der Waals surface area contributed by atoms with Gasteiger partial charge < -0.3 is 14.9 Å². The highest BCUT2D eigenvalue weighted by Crippen LogP contribution is 2.49. The summed E-state index contributed by atoms with van der Waals surface area (Å²) >= 11 is 3.17. The normalized spacial score (nSPS) is 26.5. The minimum Gasteiger partial charge on any atom is -0.871 e. The van der Waals surface area contributed by atoms with Gasteiger partial charge in [-0.3, -0.25) is 4.79 Å². The summed E-state index contributed by atoms with van der Waals surface area (Å²) in [6, 6.07) is 0. The van der Waals surface area contributed by atoms with Crippen molar-refractivity contribution in [1.82, 2.24) is 4.98 Å². The highest BCUT2D eigenvalue weighted by Gasteiger charge is 2.44. The van der Waals surface area contributed by atoms with Gasteiger partial charge in [-0.2, -0.15) is 0 Å². The van der Waals surface area contributed by atoms with E-state index in [4.69, 9.17) is 9.98 Å². The van der Waals surface area contributed by atoms with E-state index in [-0.39, 0.29) is 27.9 Å². The fourth-order valence-corrected chi connectivity index (χ4v) is 8.45. The molecule has 196 valence electrons. The molecular weight excluding hydrogens is 488 g/mol. The van der Waals surface area contributed by atoms with Crippen molar-refractivity contribution in [3.05, 3.63) is 26.8 Å². The van der Waals surface area contributed by atoms with Crippen LogP contribution in [0.25, 0.3) is 5.57 Å². The van der Waals surface area contributed by atoms with E-state index in [1.165, 1.54) is 41.9 Å². The molecule has 1 atom stereocenters. The monoisotopic (exact) mass is 528 g/mol. The minimum atomic E-state index is -0.251. The Balaban J connectivity index is 1.54. The van der Waals surface area contributed by atoms with Crippen LogP contribution in [0.1, 0.15) is 90.6 Å². The van der Waals surface area contributed by atoms with E-state index in [1.807, 2.05) is 0 Å². The fourth-order valence-electron chi connectivity index (χ4n) is 5.52. The van der Waals surface area contributed by atoms with Crippen LogP contribution < -0.4 is 14.9 Å². The van der Waals surface area contributed by atoms with E-state index in [9.17, 15) is 9.90 Å². The summed E-state index contributed by atoms with van der Waals surface area (Å²) in [5, 5.41) is 14.7. The van der Waals surface area contributed by atoms with Gasteiger partial charge in [0.25, 0.3) is 0 Å². The van der Waals surface area contributed by atoms with Crippen LogP contribution in [0, 0.1) is 5.41 Å². The summed E-state index contributed by atoms with van der Waals surface area (Å²) < 4.78 is 0. The summed E-state index contributed by atoms with van der Waals surface area (Å²) in [7, 11) is 0. The number of quaternary nitrogens is 1. The first-order chi connectivity index (χ1) is 17.0. The van der Waals surface area contributed by atoms with Crippen LogP contribution in [0.5, 0.6) is 0 Å². The Bertz CT molecular complexity index is 1140. The van der Waals surface area contributed by atoms with Gasteiger partial charge in [-0.1, -0.05) is 58.6 Å². The van der Waals surface area contributed by atoms with Crippen LogP contribution in [0.15, 0.2) is 21.2 Å². The molecule has 0 radical (unpaired) electrons. The quantitative estimate of drug-likeness (QED) is 0.602. The van der Waals surface area contributed by atoms with Gasteiger partial charge in [0.15, 0.2) is 10.9 Å². The molecule has 0 saturated carbocycles. The second-order valence-corrected chi connectivity index (χ2v) is 14.7. The summed E-state index contributed by atoms with van der Waals surface area (Å²) in [4.78, 5) is 29.3. The second-order valence-electron chi connectivity index (χ2n) is 12.6. The van der Waals surface area contributed by atoms with Gasteiger partial charge in [-0.25, -0.2) is 9.98 Å². The van der Waals surface area contributed by atoms with E-state index < -0.39 is 0 Å². The zero-order chi connectivity index (χ0) is 25.8. The number of carbonyl (C=O) groups excluding carboxylic acids is 1. The lowest BCUT2D eigenvalue weighted by Gasteiger charge is -2.34. The Morgan fingerprint density at radius 3 is 2.14 bits per heavy atom. The number of hydrogen-bond acceptors (Lipinski definition) is 7. The number of rotatable bonds is 3. The number of nitrogens with one attached hydrogen (secondary N) is 1. The van der Waals surface area contributed by atoms with Crippen LogP contribution in [0.3, 0.4) is 0 Å². The fraction of sp³-hybridized carbons (Fsp3) is 0.679. The number of aliphatic imine (C=N–C) groups is 1. The number of ketones is 1. The lowest BCUT2D eigenvalue weighted by molar-refractivity contribution is -0.914. The summed E-state index contributed by atoms with van der Waals surface area (Å²) in [6.45, 7) is 16.9. The zero-order valence-corrected chi connectivity index (χ0v) is 24.3.